The lowest BCUT2D eigenvalue weighted by Crippen LogP contribution is -2.11. The van der Waals surface area contributed by atoms with E-state index in [-0.39, 0.29) is 5.56 Å². The number of benzene rings is 1. The highest BCUT2D eigenvalue weighted by molar-refractivity contribution is 6.35. The van der Waals surface area contributed by atoms with Gasteiger partial charge in [0.25, 0.3) is 0 Å². The molecule has 2 rings (SSSR count). The molecule has 0 amide bonds. The Balaban J connectivity index is 2.72. The van der Waals surface area contributed by atoms with Crippen LogP contribution in [0.2, 0.25) is 5.02 Å². The first-order chi connectivity index (χ1) is 7.61. The van der Waals surface area contributed by atoms with Crippen molar-refractivity contribution >= 4 is 28.5 Å². The van der Waals surface area contributed by atoms with Gasteiger partial charge in [0, 0.05) is 22.2 Å². The van der Waals surface area contributed by atoms with Crippen molar-refractivity contribution in [1.29, 1.82) is 0 Å². The fourth-order valence-corrected chi connectivity index (χ4v) is 1.73. The highest BCUT2D eigenvalue weighted by Crippen LogP contribution is 2.28. The normalized spacial score (nSPS) is 12.6. The Morgan fingerprint density at radius 3 is 2.81 bits per heavy atom. The Hall–Kier alpha value is -1.65. The van der Waals surface area contributed by atoms with Gasteiger partial charge in [0.15, 0.2) is 6.10 Å². The van der Waals surface area contributed by atoms with Crippen LogP contribution < -0.4 is 0 Å². The number of hydrogen-bond donors (Lipinski definition) is 2. The van der Waals surface area contributed by atoms with Crippen molar-refractivity contribution in [2.45, 2.75) is 6.10 Å². The molecule has 0 saturated carbocycles. The molecule has 0 radical (unpaired) electrons. The summed E-state index contributed by atoms with van der Waals surface area (Å²) in [7, 11) is 0. The first kappa shape index (κ1) is 10.9. The van der Waals surface area contributed by atoms with Crippen LogP contribution in [-0.4, -0.2) is 21.2 Å². The second kappa shape index (κ2) is 4.08. The molecule has 0 aliphatic heterocycles. The number of aromatic nitrogens is 1. The zero-order valence-electron chi connectivity index (χ0n) is 8.09. The Kier molecular flexibility index (Phi) is 2.77. The quantitative estimate of drug-likeness (QED) is 0.838. The van der Waals surface area contributed by atoms with E-state index in [0.29, 0.717) is 15.9 Å². The number of halogens is 1. The number of carboxylic acid groups (broad SMARTS) is 1. The molecule has 82 valence electrons. The lowest BCUT2D eigenvalue weighted by molar-refractivity contribution is -0.146. The van der Waals surface area contributed by atoms with Gasteiger partial charge in [0.2, 0.25) is 0 Å². The molecule has 2 aromatic rings. The molecule has 1 atom stereocenters. The minimum atomic E-state index is -1.59. The lowest BCUT2D eigenvalue weighted by atomic mass is 10.1. The van der Waals surface area contributed by atoms with Crippen molar-refractivity contribution in [1.82, 2.24) is 4.98 Å². The maximum Gasteiger partial charge on any atom is 0.337 e. The van der Waals surface area contributed by atoms with Crippen LogP contribution in [0.25, 0.3) is 10.9 Å². The Morgan fingerprint density at radius 2 is 2.12 bits per heavy atom. The summed E-state index contributed by atoms with van der Waals surface area (Å²) in [4.78, 5) is 14.8. The predicted molar refractivity (Wildman–Crippen MR) is 59.3 cm³/mol. The summed E-state index contributed by atoms with van der Waals surface area (Å²) in [6, 6.07) is 6.44. The van der Waals surface area contributed by atoms with Crippen LogP contribution in [0.15, 0.2) is 30.5 Å². The van der Waals surface area contributed by atoms with E-state index in [4.69, 9.17) is 16.7 Å². The monoisotopic (exact) mass is 237 g/mol. The molecule has 1 aromatic heterocycles. The SMILES string of the molecule is O=C(O)C(O)c1ccc(Cl)c2cccnc12. The smallest absolute Gasteiger partial charge is 0.337 e. The fraction of sp³-hybridized carbons (Fsp3) is 0.0909. The van der Waals surface area contributed by atoms with Crippen LogP contribution in [0.5, 0.6) is 0 Å². The van der Waals surface area contributed by atoms with Crippen molar-refractivity contribution in [2.24, 2.45) is 0 Å². The van der Waals surface area contributed by atoms with Crippen molar-refractivity contribution in [3.63, 3.8) is 0 Å². The highest BCUT2D eigenvalue weighted by atomic mass is 35.5. The third-order valence-corrected chi connectivity index (χ3v) is 2.61. The van der Waals surface area contributed by atoms with E-state index in [1.54, 1.807) is 18.2 Å². The summed E-state index contributed by atoms with van der Waals surface area (Å²) < 4.78 is 0. The number of aliphatic carboxylic acids is 1. The number of nitrogens with zero attached hydrogens (tertiary/aromatic N) is 1. The van der Waals surface area contributed by atoms with E-state index in [1.807, 2.05) is 0 Å². The van der Waals surface area contributed by atoms with E-state index in [9.17, 15) is 9.90 Å². The molecule has 16 heavy (non-hydrogen) atoms. The van der Waals surface area contributed by atoms with Gasteiger partial charge in [0.05, 0.1) is 5.52 Å². The molecule has 1 unspecified atom stereocenters. The summed E-state index contributed by atoms with van der Waals surface area (Å²) in [5.74, 6) is -1.31. The molecular formula is C11H8ClNO3. The number of rotatable bonds is 2. The second-order valence-electron chi connectivity index (χ2n) is 3.28. The summed E-state index contributed by atoms with van der Waals surface area (Å²) in [6.45, 7) is 0. The zero-order chi connectivity index (χ0) is 11.7. The van der Waals surface area contributed by atoms with E-state index < -0.39 is 12.1 Å². The van der Waals surface area contributed by atoms with Crippen LogP contribution in [-0.2, 0) is 4.79 Å². The third kappa shape index (κ3) is 1.73. The largest absolute Gasteiger partial charge is 0.479 e. The molecule has 2 N–H and O–H groups in total. The van der Waals surface area contributed by atoms with E-state index in [1.165, 1.54) is 12.3 Å². The van der Waals surface area contributed by atoms with Gasteiger partial charge < -0.3 is 10.2 Å². The molecule has 1 aromatic carbocycles. The second-order valence-corrected chi connectivity index (χ2v) is 3.68. The van der Waals surface area contributed by atoms with E-state index >= 15 is 0 Å². The maximum absolute atomic E-state index is 10.7. The van der Waals surface area contributed by atoms with Gasteiger partial charge in [-0.2, -0.15) is 0 Å². The van der Waals surface area contributed by atoms with Crippen molar-refractivity contribution < 1.29 is 15.0 Å². The number of aliphatic hydroxyl groups is 1. The summed E-state index contributed by atoms with van der Waals surface area (Å²) >= 11 is 5.94. The molecule has 5 heteroatoms. The zero-order valence-corrected chi connectivity index (χ0v) is 8.85. The molecule has 0 aliphatic rings. The summed E-state index contributed by atoms with van der Waals surface area (Å²) in [5.41, 5.74) is 0.650. The van der Waals surface area contributed by atoms with Gasteiger partial charge in [-0.15, -0.1) is 0 Å². The van der Waals surface area contributed by atoms with Crippen LogP contribution in [0.1, 0.15) is 11.7 Å². The van der Waals surface area contributed by atoms with Crippen LogP contribution in [0.4, 0.5) is 0 Å². The van der Waals surface area contributed by atoms with Crippen LogP contribution in [0, 0.1) is 0 Å². The number of pyridine rings is 1. The topological polar surface area (TPSA) is 70.4 Å². The van der Waals surface area contributed by atoms with E-state index in [0.717, 1.165) is 0 Å². The lowest BCUT2D eigenvalue weighted by Gasteiger charge is -2.09. The fourth-order valence-electron chi connectivity index (χ4n) is 1.51. The van der Waals surface area contributed by atoms with Gasteiger partial charge in [-0.05, 0) is 18.2 Å². The number of aliphatic hydroxyl groups excluding tert-OH is 1. The predicted octanol–water partition coefficient (Wildman–Crippen LogP) is 2.01. The third-order valence-electron chi connectivity index (χ3n) is 2.28. The van der Waals surface area contributed by atoms with Crippen molar-refractivity contribution in [3.8, 4) is 0 Å². The van der Waals surface area contributed by atoms with Crippen molar-refractivity contribution in [3.05, 3.63) is 41.0 Å². The minimum Gasteiger partial charge on any atom is -0.479 e. The number of fused-ring (bicyclic) bond motifs is 1. The van der Waals surface area contributed by atoms with Gasteiger partial charge >= 0.3 is 5.97 Å². The number of hydrogen-bond acceptors (Lipinski definition) is 3. The Morgan fingerprint density at radius 1 is 1.38 bits per heavy atom. The van der Waals surface area contributed by atoms with Crippen LogP contribution >= 0.6 is 11.6 Å². The number of carbonyl (C=O) groups is 1. The molecule has 0 saturated heterocycles. The molecular weight excluding hydrogens is 230 g/mol. The summed E-state index contributed by atoms with van der Waals surface area (Å²) in [5, 5.41) is 19.4. The standard InChI is InChI=1S/C11H8ClNO3/c12-8-4-3-7(10(14)11(15)16)9-6(8)2-1-5-13-9/h1-5,10,14H,(H,15,16). The first-order valence-corrected chi connectivity index (χ1v) is 4.93. The van der Waals surface area contributed by atoms with E-state index in [2.05, 4.69) is 4.98 Å². The minimum absolute atomic E-state index is 0.243. The Labute approximate surface area is 96.1 Å². The highest BCUT2D eigenvalue weighted by Gasteiger charge is 2.19. The summed E-state index contributed by atoms with van der Waals surface area (Å²) in [6.07, 6.45) is -0.0637. The average Bonchev–Trinajstić information content (AvgIpc) is 2.29. The average molecular weight is 238 g/mol. The molecule has 4 nitrogen and oxygen atoms in total. The van der Waals surface area contributed by atoms with Crippen molar-refractivity contribution in [2.75, 3.05) is 0 Å². The maximum atomic E-state index is 10.7. The number of carboxylic acids is 1. The molecule has 1 heterocycles. The molecule has 0 spiro atoms. The first-order valence-electron chi connectivity index (χ1n) is 4.55. The Bertz CT molecular complexity index is 556. The van der Waals surface area contributed by atoms with Gasteiger partial charge in [-0.25, -0.2) is 4.79 Å². The molecule has 0 fully saturated rings. The molecule has 0 bridgehead atoms. The van der Waals surface area contributed by atoms with Gasteiger partial charge in [-0.3, -0.25) is 4.98 Å². The molecule has 0 aliphatic carbocycles. The van der Waals surface area contributed by atoms with Gasteiger partial charge in [-0.1, -0.05) is 17.7 Å². The van der Waals surface area contributed by atoms with Gasteiger partial charge in [0.1, 0.15) is 0 Å². The van der Waals surface area contributed by atoms with Crippen LogP contribution in [0.3, 0.4) is 0 Å².